The van der Waals surface area contributed by atoms with Crippen molar-refractivity contribution in [1.82, 2.24) is 10.2 Å². The van der Waals surface area contributed by atoms with Crippen LogP contribution in [0.3, 0.4) is 0 Å². The van der Waals surface area contributed by atoms with Crippen molar-refractivity contribution in [2.24, 2.45) is 34.5 Å². The number of methoxy groups -OCH3 is 2. The van der Waals surface area contributed by atoms with Crippen molar-refractivity contribution in [3.63, 3.8) is 0 Å². The Bertz CT molecular complexity index is 2400. The van der Waals surface area contributed by atoms with Crippen LogP contribution >= 0.6 is 0 Å². The van der Waals surface area contributed by atoms with E-state index >= 15 is 0 Å². The van der Waals surface area contributed by atoms with Gasteiger partial charge in [0.05, 0.1) is 38.3 Å². The Morgan fingerprint density at radius 1 is 0.614 bits per heavy atom. The number of fused-ring (bicyclic) bond motifs is 2. The summed E-state index contributed by atoms with van der Waals surface area (Å²) in [5, 5.41) is 4.13. The van der Waals surface area contributed by atoms with E-state index in [-0.39, 0.29) is 76.5 Å². The minimum Gasteiger partial charge on any atom is -0.490 e. The second-order valence-electron chi connectivity index (χ2n) is 21.2. The molecule has 8 rings (SSSR count). The highest BCUT2D eigenvalue weighted by molar-refractivity contribution is 5.93. The maximum absolute atomic E-state index is 14.1. The van der Waals surface area contributed by atoms with Crippen molar-refractivity contribution in [2.45, 2.75) is 131 Å². The molecule has 0 unspecified atom stereocenters. The normalized spacial score (nSPS) is 21.3. The SMILES string of the molecule is C.CC(C)(C)C1CCC(Oc2ccc3cc(C=O)ccc3c2C(F)(F)F)CC1.COC(=O)C1CN(Cc2ccc3c(C(F)(F)F)c(OC4CCC(C(C)(C)C)CC4)ccc3c2)C1.COC(=O)C1CNC1. The molecule has 0 spiro atoms. The molecule has 2 saturated heterocycles. The lowest BCUT2D eigenvalue weighted by Crippen LogP contribution is -2.49. The average molecular weight is 987 g/mol. The Balaban J connectivity index is 0.000000226. The number of benzene rings is 4. The first-order valence-electron chi connectivity index (χ1n) is 24.0. The summed E-state index contributed by atoms with van der Waals surface area (Å²) < 4.78 is 105. The van der Waals surface area contributed by atoms with Gasteiger partial charge in [0.15, 0.2) is 0 Å². The van der Waals surface area contributed by atoms with Crippen LogP contribution in [-0.4, -0.2) is 75.7 Å². The maximum Gasteiger partial charge on any atom is 0.420 e. The molecule has 2 aliphatic heterocycles. The molecule has 0 radical (unpaired) electrons. The van der Waals surface area contributed by atoms with Gasteiger partial charge >= 0.3 is 24.3 Å². The van der Waals surface area contributed by atoms with Gasteiger partial charge < -0.3 is 24.3 Å². The zero-order valence-electron chi connectivity index (χ0n) is 41.1. The van der Waals surface area contributed by atoms with E-state index in [0.29, 0.717) is 54.1 Å². The summed E-state index contributed by atoms with van der Waals surface area (Å²) in [6, 6.07) is 15.5. The molecular weight excluding hydrogens is 915 g/mol. The Labute approximate surface area is 409 Å². The predicted molar refractivity (Wildman–Crippen MR) is 261 cm³/mol. The van der Waals surface area contributed by atoms with Crippen LogP contribution in [-0.2, 0) is 38.0 Å². The van der Waals surface area contributed by atoms with Crippen LogP contribution in [0.2, 0.25) is 0 Å². The minimum atomic E-state index is -4.53. The highest BCUT2D eigenvalue weighted by atomic mass is 19.4. The van der Waals surface area contributed by atoms with Gasteiger partial charge in [0, 0.05) is 38.3 Å². The third-order valence-corrected chi connectivity index (χ3v) is 14.4. The lowest BCUT2D eigenvalue weighted by Gasteiger charge is -2.37. The van der Waals surface area contributed by atoms with Gasteiger partial charge in [-0.2, -0.15) is 26.3 Å². The summed E-state index contributed by atoms with van der Waals surface area (Å²) in [6.45, 7) is 16.6. The number of ether oxygens (including phenoxy) is 4. The predicted octanol–water partition coefficient (Wildman–Crippen LogP) is 13.1. The van der Waals surface area contributed by atoms with Crippen LogP contribution in [0.5, 0.6) is 11.5 Å². The monoisotopic (exact) mass is 987 g/mol. The first kappa shape index (κ1) is 56.0. The Hall–Kier alpha value is -4.89. The van der Waals surface area contributed by atoms with Crippen molar-refractivity contribution in [2.75, 3.05) is 40.4 Å². The standard InChI is InChI=1S/C27H34F3NO3.C22H25F3O2.C5H9NO2.CH4/c1-26(2,3)20-7-9-21(10-8-20)34-23-12-6-18-13-17(5-11-22(18)24(23)27(28,29)30)14-31-15-19(16-31)25(32)33-4;1-21(2,3)16-6-8-17(9-7-16)27-19-11-5-15-12-14(13-26)4-10-18(15)20(19)22(23,24)25;1-8-5(7)4-2-6-3-4;/h5-6,11-13,19-21H,7-10,14-16H2,1-4H3;4-5,10-13,16-17H,6-9H2,1-3H3;4,6H,2-3H2,1H3;1H4. The van der Waals surface area contributed by atoms with Crippen LogP contribution in [0, 0.1) is 34.5 Å². The molecule has 1 N–H and O–H groups in total. The molecule has 9 nitrogen and oxygen atoms in total. The summed E-state index contributed by atoms with van der Waals surface area (Å²) in [7, 11) is 2.79. The van der Waals surface area contributed by atoms with Gasteiger partial charge in [0.2, 0.25) is 0 Å². The fourth-order valence-corrected chi connectivity index (χ4v) is 9.99. The fourth-order valence-electron chi connectivity index (χ4n) is 9.99. The molecule has 4 fully saturated rings. The summed E-state index contributed by atoms with van der Waals surface area (Å²) >= 11 is 0. The van der Waals surface area contributed by atoms with Gasteiger partial charge in [-0.25, -0.2) is 0 Å². The number of rotatable bonds is 9. The van der Waals surface area contributed by atoms with E-state index in [1.54, 1.807) is 30.3 Å². The highest BCUT2D eigenvalue weighted by Crippen LogP contribution is 2.46. The number of nitrogens with one attached hydrogen (secondary N) is 1. The number of hydrogen-bond donors (Lipinski definition) is 1. The zero-order chi connectivity index (χ0) is 50.5. The first-order valence-corrected chi connectivity index (χ1v) is 24.0. The van der Waals surface area contributed by atoms with E-state index in [0.717, 1.165) is 70.0 Å². The fraction of sp³-hybridized carbons (Fsp3) is 0.582. The van der Waals surface area contributed by atoms with E-state index in [9.17, 15) is 40.7 Å². The molecule has 2 heterocycles. The van der Waals surface area contributed by atoms with Crippen LogP contribution in [0.1, 0.15) is 127 Å². The van der Waals surface area contributed by atoms with Crippen LogP contribution < -0.4 is 14.8 Å². The van der Waals surface area contributed by atoms with Gasteiger partial charge in [0.25, 0.3) is 0 Å². The second-order valence-corrected chi connectivity index (χ2v) is 21.2. The quantitative estimate of drug-likeness (QED) is 0.0997. The Morgan fingerprint density at radius 3 is 1.41 bits per heavy atom. The molecule has 2 aliphatic carbocycles. The van der Waals surface area contributed by atoms with E-state index < -0.39 is 23.5 Å². The molecule has 0 amide bonds. The number of likely N-dealkylation sites (tertiary alicyclic amines) is 1. The van der Waals surface area contributed by atoms with Gasteiger partial charge in [-0.3, -0.25) is 19.3 Å². The number of carbonyl (C=O) groups excluding carboxylic acids is 3. The molecule has 0 bridgehead atoms. The lowest BCUT2D eigenvalue weighted by atomic mass is 9.72. The Kier molecular flexibility index (Phi) is 18.5. The third kappa shape index (κ3) is 14.2. The number of hydrogen-bond acceptors (Lipinski definition) is 9. The van der Waals surface area contributed by atoms with E-state index in [2.05, 4.69) is 56.5 Å². The molecule has 4 aromatic rings. The summed E-state index contributed by atoms with van der Waals surface area (Å²) in [5.41, 5.74) is 0.239. The van der Waals surface area contributed by atoms with E-state index in [1.807, 2.05) is 0 Å². The molecule has 2 saturated carbocycles. The second kappa shape index (κ2) is 23.1. The third-order valence-electron chi connectivity index (χ3n) is 14.4. The average Bonchev–Trinajstić information content (AvgIpc) is 3.25. The summed E-state index contributed by atoms with van der Waals surface area (Å²) in [4.78, 5) is 35.1. The topological polar surface area (TPSA) is 103 Å². The van der Waals surface area contributed by atoms with Crippen molar-refractivity contribution >= 4 is 39.8 Å². The number of esters is 2. The van der Waals surface area contributed by atoms with E-state index in [4.69, 9.17) is 14.2 Å². The maximum atomic E-state index is 14.1. The largest absolute Gasteiger partial charge is 0.490 e. The van der Waals surface area contributed by atoms with Gasteiger partial charge in [-0.05, 0) is 125 Å². The number of halogens is 6. The molecule has 0 aromatic heterocycles. The van der Waals surface area contributed by atoms with Crippen LogP contribution in [0.25, 0.3) is 21.5 Å². The molecule has 4 aliphatic rings. The highest BCUT2D eigenvalue weighted by Gasteiger charge is 2.40. The molecule has 0 atom stereocenters. The molecule has 4 aromatic carbocycles. The van der Waals surface area contributed by atoms with Gasteiger partial charge in [0.1, 0.15) is 28.9 Å². The van der Waals surface area contributed by atoms with Crippen LogP contribution in [0.4, 0.5) is 26.3 Å². The number of alkyl halides is 6. The lowest BCUT2D eigenvalue weighted by molar-refractivity contribution is -0.151. The van der Waals surface area contributed by atoms with Gasteiger partial charge in [-0.15, -0.1) is 0 Å². The first-order chi connectivity index (χ1) is 32.4. The number of nitrogens with zero attached hydrogens (tertiary/aromatic N) is 1. The van der Waals surface area contributed by atoms with Crippen molar-refractivity contribution in [3.8, 4) is 11.5 Å². The molecule has 386 valence electrons. The Morgan fingerprint density at radius 2 is 1.04 bits per heavy atom. The van der Waals surface area contributed by atoms with E-state index in [1.165, 1.54) is 44.6 Å². The van der Waals surface area contributed by atoms with Crippen molar-refractivity contribution < 1.29 is 59.7 Å². The summed E-state index contributed by atoms with van der Waals surface area (Å²) in [5.74, 6) is 0.633. The van der Waals surface area contributed by atoms with Crippen molar-refractivity contribution in [1.29, 1.82) is 0 Å². The van der Waals surface area contributed by atoms with Crippen molar-refractivity contribution in [3.05, 3.63) is 82.9 Å². The van der Waals surface area contributed by atoms with Crippen LogP contribution in [0.15, 0.2) is 60.7 Å². The smallest absolute Gasteiger partial charge is 0.420 e. The number of carbonyl (C=O) groups is 3. The molecular formula is C55H72F6N2O7. The summed E-state index contributed by atoms with van der Waals surface area (Å²) in [6.07, 6.45) is -1.84. The molecule has 70 heavy (non-hydrogen) atoms. The zero-order valence-corrected chi connectivity index (χ0v) is 41.1. The number of aldehydes is 1. The van der Waals surface area contributed by atoms with Gasteiger partial charge in [-0.1, -0.05) is 85.4 Å². The molecule has 15 heteroatoms. The minimum absolute atomic E-state index is 0.